The van der Waals surface area contributed by atoms with Crippen molar-refractivity contribution in [1.82, 2.24) is 74.9 Å². The number of aliphatic hydroxyl groups is 9. The van der Waals surface area contributed by atoms with Crippen molar-refractivity contribution in [2.45, 2.75) is 223 Å². The number of benzene rings is 3. The van der Waals surface area contributed by atoms with Crippen LogP contribution in [0.25, 0.3) is 33.5 Å². The van der Waals surface area contributed by atoms with E-state index in [2.05, 4.69) is 76.8 Å². The Kier molecular flexibility index (Phi) is 17.2. The lowest BCUT2D eigenvalue weighted by atomic mass is 10.1. The van der Waals surface area contributed by atoms with E-state index in [0.29, 0.717) is 52.0 Å². The SMILES string of the molecule is [2H]C([2H])(C)C([2H])([2H])Sc1nc(N[C@@]2([2H])[C@H](c3ccc(C)c(F)c3)C2([2H])[2H])c2nnn([C@@H]3C[C@H](OCCO)[C@@H](O)[C@H]3O)c2n1.[2H]C([2H])(CC)Sc1nc(N[C@@]2([2H])[C@H](c3ccc(C)c(F)c3)C2([2H])[2H])c2nnn([C@@H]3C[C@H](OC([2H])([2H])C([2H])([2H])O)[C@@H](O)[C@H]3O)c2n1.[2H]C([2H])(O)CO[C@H]1C[C@@H](n2nnc3c(N[C@@]4([2H])[C@H](c5ccc(C)c(F)c5)C4([2H])[2H])nc(SC([2H])([2H])C([2H])([2H])C)nc32)[C@H](O)[C@@H]1O. The molecule has 0 amide bonds. The number of ether oxygens (including phenoxy) is 3. The topological polar surface area (TPSA) is 415 Å². The highest BCUT2D eigenvalue weighted by Gasteiger charge is 2.49. The molecule has 12 N–H and O–H groups in total. The van der Waals surface area contributed by atoms with Gasteiger partial charge in [-0.1, -0.05) is 108 Å². The number of nitrogens with one attached hydrogen (secondary N) is 3. The van der Waals surface area contributed by atoms with Gasteiger partial charge in [-0.05, 0) is 111 Å². The van der Waals surface area contributed by atoms with Crippen LogP contribution >= 0.6 is 35.3 Å². The Balaban J connectivity index is 0.000000169. The fourth-order valence-corrected chi connectivity index (χ4v) is 14.0. The lowest BCUT2D eigenvalue weighted by Crippen LogP contribution is -2.33. The molecule has 582 valence electrons. The fraction of sp³-hybridized carbons (Fsp3) is 0.583. The van der Waals surface area contributed by atoms with Crippen molar-refractivity contribution in [3.05, 3.63) is 105 Å². The van der Waals surface area contributed by atoms with E-state index in [1.807, 2.05) is 0 Å². The maximum absolute atomic E-state index is 14.4. The Bertz CT molecular complexity index is 5850. The molecule has 6 fully saturated rings. The normalized spacial score (nSPS) is 35.5. The minimum Gasteiger partial charge on any atom is -0.394 e. The summed E-state index contributed by atoms with van der Waals surface area (Å²) in [5.74, 6) is -5.77. The minimum atomic E-state index is -3.43. The summed E-state index contributed by atoms with van der Waals surface area (Å²) < 4.78 is 266. The van der Waals surface area contributed by atoms with Gasteiger partial charge in [-0.2, -0.15) is 0 Å². The minimum absolute atomic E-state index is 0.0420. The maximum atomic E-state index is 14.4. The van der Waals surface area contributed by atoms with Crippen molar-refractivity contribution >= 4 is 86.2 Å². The van der Waals surface area contributed by atoms with Crippen LogP contribution in [-0.4, -0.2) is 250 Å². The van der Waals surface area contributed by atoms with Gasteiger partial charge >= 0.3 is 0 Å². The molecule has 6 saturated carbocycles. The maximum Gasteiger partial charge on any atom is 0.191 e. The number of hydrogen-bond donors (Lipinski definition) is 12. The fourth-order valence-electron chi connectivity index (χ4n) is 12.5. The molecule has 6 aromatic heterocycles. The molecule has 0 saturated heterocycles. The summed E-state index contributed by atoms with van der Waals surface area (Å²) in [4.78, 5) is 25.8. The van der Waals surface area contributed by atoms with Crippen molar-refractivity contribution in [2.24, 2.45) is 0 Å². The van der Waals surface area contributed by atoms with Gasteiger partial charge in [-0.25, -0.2) is 57.1 Å². The van der Waals surface area contributed by atoms with Crippen LogP contribution in [0, 0.1) is 38.2 Å². The molecule has 6 aliphatic carbocycles. The van der Waals surface area contributed by atoms with Crippen LogP contribution in [0.3, 0.4) is 0 Å². The summed E-state index contributed by atoms with van der Waals surface area (Å²) in [5, 5.41) is 124. The first-order chi connectivity index (χ1) is 61.1. The first kappa shape index (κ1) is 52.9. The molecule has 30 nitrogen and oxygen atoms in total. The highest BCUT2D eigenvalue weighted by Crippen LogP contribution is 2.48. The van der Waals surface area contributed by atoms with Crippen LogP contribution in [-0.2, 0) is 14.2 Å². The number of anilines is 3. The summed E-state index contributed by atoms with van der Waals surface area (Å²) in [6.45, 7) is -2.23. The summed E-state index contributed by atoms with van der Waals surface area (Å²) in [5.41, 5.74) is -5.82. The van der Waals surface area contributed by atoms with Crippen LogP contribution in [0.15, 0.2) is 70.1 Å². The van der Waals surface area contributed by atoms with Gasteiger partial charge in [0.05, 0.1) is 88.3 Å². The zero-order valence-electron chi connectivity index (χ0n) is 83.1. The molecule has 0 radical (unpaired) electrons. The summed E-state index contributed by atoms with van der Waals surface area (Å²) in [7, 11) is 0. The predicted molar refractivity (Wildman–Crippen MR) is 398 cm³/mol. The van der Waals surface area contributed by atoms with E-state index in [4.69, 9.17) is 53.6 Å². The molecular formula is C72H93F3N18O12S3. The zero-order valence-corrected chi connectivity index (χ0v) is 60.6. The Morgan fingerprint density at radius 2 is 0.824 bits per heavy atom. The van der Waals surface area contributed by atoms with Crippen LogP contribution in [0.1, 0.15) is 182 Å². The highest BCUT2D eigenvalue weighted by molar-refractivity contribution is 7.99. The second kappa shape index (κ2) is 35.1. The van der Waals surface area contributed by atoms with Gasteiger partial charge < -0.3 is 76.1 Å². The van der Waals surface area contributed by atoms with E-state index in [0.717, 1.165) is 35.3 Å². The average molecular weight is 1580 g/mol. The number of rotatable bonds is 30. The molecule has 108 heavy (non-hydrogen) atoms. The summed E-state index contributed by atoms with van der Waals surface area (Å²) >= 11 is 1.30. The Labute approximate surface area is 668 Å². The van der Waals surface area contributed by atoms with Crippen LogP contribution < -0.4 is 16.0 Å². The largest absolute Gasteiger partial charge is 0.394 e. The number of hydrogen-bond acceptors (Lipinski definition) is 30. The van der Waals surface area contributed by atoms with Crippen LogP contribution in [0.2, 0.25) is 0 Å². The second-order valence-corrected chi connectivity index (χ2v) is 27.8. The van der Waals surface area contributed by atoms with Gasteiger partial charge in [0.15, 0.2) is 66.4 Å². The Hall–Kier alpha value is -7.14. The third-order valence-corrected chi connectivity index (χ3v) is 20.5. The molecule has 6 heterocycles. The molecule has 6 aliphatic rings. The Morgan fingerprint density at radius 1 is 0.481 bits per heavy atom. The van der Waals surface area contributed by atoms with Gasteiger partial charge in [0.1, 0.15) is 54.1 Å². The second-order valence-electron chi connectivity index (χ2n) is 25.4. The molecular weight excluding hydrogens is 1460 g/mol. The number of fused-ring (bicyclic) bond motifs is 3. The van der Waals surface area contributed by atoms with Gasteiger partial charge in [0, 0.05) is 94.1 Å². The number of aromatic nitrogens is 15. The predicted octanol–water partition coefficient (Wildman–Crippen LogP) is 6.55. The smallest absolute Gasteiger partial charge is 0.191 e. The third-order valence-electron chi connectivity index (χ3n) is 18.3. The van der Waals surface area contributed by atoms with Gasteiger partial charge in [-0.15, -0.1) is 15.3 Å². The highest BCUT2D eigenvalue weighted by atomic mass is 32.2. The van der Waals surface area contributed by atoms with Crippen LogP contribution in [0.4, 0.5) is 30.6 Å². The van der Waals surface area contributed by atoms with E-state index in [-0.39, 0.29) is 122 Å². The third kappa shape index (κ3) is 17.5. The number of aryl methyl sites for hydroxylation is 3. The lowest BCUT2D eigenvalue weighted by molar-refractivity contribution is -0.0629. The molecule has 18 atom stereocenters. The van der Waals surface area contributed by atoms with Gasteiger partial charge in [0.2, 0.25) is 0 Å². The quantitative estimate of drug-likeness (QED) is 0.0168. The zero-order chi connectivity index (χ0) is 98.7. The van der Waals surface area contributed by atoms with Crippen molar-refractivity contribution in [3.63, 3.8) is 0 Å². The molecule has 36 heteroatoms. The standard InChI is InChI=1S/3C24H31FN6O4S/c3*1-3-8-36-24-27-22(26-16-10-14(16)13-5-4-12(2)15(25)9-13)19-23(28-24)31(30-29-19)17-11-18(35-7-6-32)21(34)20(17)33/h3*4-5,9,14,16-18,20-21,32-34H,3,6-8,10-11H2,1-2H3,(H,26,27,28)/t3*14-,16+,17+,18-,20-,21+/m000/s1/i6D2,7D2,8D2,10D2,16D;3D2,6D2,8D2,10D2,16D;3D2,8D2,10D2,16D. The van der Waals surface area contributed by atoms with Gasteiger partial charge in [-0.3, -0.25) is 0 Å². The Morgan fingerprint density at radius 3 is 1.14 bits per heavy atom. The van der Waals surface area contributed by atoms with Gasteiger partial charge in [0.25, 0.3) is 0 Å². The van der Waals surface area contributed by atoms with E-state index in [1.54, 1.807) is 27.7 Å². The molecule has 0 aliphatic heterocycles. The van der Waals surface area contributed by atoms with Crippen molar-refractivity contribution < 1.29 is 108 Å². The van der Waals surface area contributed by atoms with E-state index in [9.17, 15) is 54.0 Å². The first-order valence-electron chi connectivity index (χ1n) is 46.3. The number of halogens is 3. The van der Waals surface area contributed by atoms with Crippen molar-refractivity contribution in [2.75, 3.05) is 72.6 Å². The molecule has 15 rings (SSSR count). The van der Waals surface area contributed by atoms with Crippen molar-refractivity contribution in [1.29, 1.82) is 0 Å². The molecule has 0 spiro atoms. The molecule has 3 aromatic carbocycles. The lowest BCUT2D eigenvalue weighted by Gasteiger charge is -2.17. The van der Waals surface area contributed by atoms with Crippen LogP contribution in [0.5, 0.6) is 0 Å². The van der Waals surface area contributed by atoms with Crippen molar-refractivity contribution in [3.8, 4) is 0 Å². The van der Waals surface area contributed by atoms with E-state index >= 15 is 0 Å². The number of aliphatic hydroxyl groups excluding tert-OH is 7. The summed E-state index contributed by atoms with van der Waals surface area (Å²) in [6, 6.07) is 3.06. The number of thioether (sulfide) groups is 3. The summed E-state index contributed by atoms with van der Waals surface area (Å²) in [6.07, 6.45) is -24.4. The molecule has 0 bridgehead atoms. The average Bonchev–Trinajstić information content (AvgIpc) is 1.52. The molecule has 0 unspecified atom stereocenters. The van der Waals surface area contributed by atoms with E-state index < -0.39 is 202 Å². The monoisotopic (exact) mass is 1580 g/mol. The first-order valence-corrected chi connectivity index (χ1v) is 36.2. The van der Waals surface area contributed by atoms with E-state index in [1.165, 1.54) is 47.1 Å². The molecule has 9 aromatic rings. The number of nitrogens with zero attached hydrogens (tertiary/aromatic N) is 15.